The third-order valence-corrected chi connectivity index (χ3v) is 4.56. The van der Waals surface area contributed by atoms with E-state index >= 15 is 0 Å². The summed E-state index contributed by atoms with van der Waals surface area (Å²) in [5.41, 5.74) is -0.288. The quantitative estimate of drug-likeness (QED) is 0.648. The Bertz CT molecular complexity index is 1180. The van der Waals surface area contributed by atoms with Gasteiger partial charge in [-0.1, -0.05) is 19.9 Å². The summed E-state index contributed by atoms with van der Waals surface area (Å²) in [5.74, 6) is -2.19. The molecule has 8 heteroatoms. The Kier molecular flexibility index (Phi) is 5.86. The Hall–Kier alpha value is -3.68. The third kappa shape index (κ3) is 3.89. The SMILES string of the molecule is COc1cccc2c1c(OC(=O)C(C)C)c(C(=O)Nc1ccc(F)cc1)c(=O)n2C. The van der Waals surface area contributed by atoms with Gasteiger partial charge in [-0.3, -0.25) is 14.4 Å². The lowest BCUT2D eigenvalue weighted by molar-refractivity contribution is -0.137. The minimum absolute atomic E-state index is 0.177. The van der Waals surface area contributed by atoms with E-state index < -0.39 is 29.2 Å². The molecule has 156 valence electrons. The Morgan fingerprint density at radius 2 is 1.77 bits per heavy atom. The van der Waals surface area contributed by atoms with E-state index in [2.05, 4.69) is 5.32 Å². The van der Waals surface area contributed by atoms with Crippen LogP contribution in [0.1, 0.15) is 24.2 Å². The van der Waals surface area contributed by atoms with Gasteiger partial charge in [0.2, 0.25) is 0 Å². The molecule has 0 aliphatic carbocycles. The van der Waals surface area contributed by atoms with Gasteiger partial charge in [-0.15, -0.1) is 0 Å². The number of pyridine rings is 1. The molecule has 1 aromatic heterocycles. The van der Waals surface area contributed by atoms with E-state index in [0.29, 0.717) is 16.7 Å². The second kappa shape index (κ2) is 8.36. The molecule has 0 spiro atoms. The number of anilines is 1. The Labute approximate surface area is 172 Å². The summed E-state index contributed by atoms with van der Waals surface area (Å²) in [6.45, 7) is 3.28. The zero-order chi connectivity index (χ0) is 22.0. The summed E-state index contributed by atoms with van der Waals surface area (Å²) in [5, 5.41) is 2.87. The summed E-state index contributed by atoms with van der Waals surface area (Å²) in [6, 6.07) is 10.1. The topological polar surface area (TPSA) is 86.6 Å². The highest BCUT2D eigenvalue weighted by Crippen LogP contribution is 2.35. The molecular weight excluding hydrogens is 391 g/mol. The number of halogens is 1. The molecule has 0 unspecified atom stereocenters. The molecule has 0 saturated heterocycles. The average molecular weight is 412 g/mol. The number of rotatable bonds is 5. The van der Waals surface area contributed by atoms with Crippen LogP contribution in [-0.2, 0) is 11.8 Å². The number of hydrogen-bond donors (Lipinski definition) is 1. The number of esters is 1. The van der Waals surface area contributed by atoms with Crippen molar-refractivity contribution in [2.24, 2.45) is 13.0 Å². The van der Waals surface area contributed by atoms with Crippen molar-refractivity contribution < 1.29 is 23.5 Å². The number of methoxy groups -OCH3 is 1. The predicted molar refractivity (Wildman–Crippen MR) is 111 cm³/mol. The fourth-order valence-corrected chi connectivity index (χ4v) is 2.94. The van der Waals surface area contributed by atoms with Crippen molar-refractivity contribution in [1.29, 1.82) is 0 Å². The van der Waals surface area contributed by atoms with Crippen molar-refractivity contribution in [2.45, 2.75) is 13.8 Å². The predicted octanol–water partition coefficient (Wildman–Crippen LogP) is 3.50. The van der Waals surface area contributed by atoms with Gasteiger partial charge in [-0.25, -0.2) is 4.39 Å². The van der Waals surface area contributed by atoms with Gasteiger partial charge in [-0.2, -0.15) is 0 Å². The largest absolute Gasteiger partial charge is 0.496 e. The van der Waals surface area contributed by atoms with Crippen LogP contribution in [-0.4, -0.2) is 23.6 Å². The van der Waals surface area contributed by atoms with Crippen molar-refractivity contribution >= 4 is 28.5 Å². The number of benzene rings is 2. The van der Waals surface area contributed by atoms with Crippen LogP contribution in [0.25, 0.3) is 10.9 Å². The molecule has 0 radical (unpaired) electrons. The van der Waals surface area contributed by atoms with Crippen LogP contribution in [0.2, 0.25) is 0 Å². The number of fused-ring (bicyclic) bond motifs is 1. The van der Waals surface area contributed by atoms with E-state index in [0.717, 1.165) is 0 Å². The molecule has 0 atom stereocenters. The van der Waals surface area contributed by atoms with Gasteiger partial charge in [-0.05, 0) is 36.4 Å². The maximum Gasteiger partial charge on any atom is 0.313 e. The van der Waals surface area contributed by atoms with Crippen molar-refractivity contribution in [2.75, 3.05) is 12.4 Å². The van der Waals surface area contributed by atoms with Gasteiger partial charge in [0.15, 0.2) is 5.75 Å². The Balaban J connectivity index is 2.26. The van der Waals surface area contributed by atoms with E-state index in [1.165, 1.54) is 43.0 Å². The molecule has 30 heavy (non-hydrogen) atoms. The number of aryl methyl sites for hydroxylation is 1. The monoisotopic (exact) mass is 412 g/mol. The number of amides is 1. The second-order valence-electron chi connectivity index (χ2n) is 6.96. The fraction of sp³-hybridized carbons (Fsp3) is 0.227. The first kappa shape index (κ1) is 21.0. The highest BCUT2D eigenvalue weighted by Gasteiger charge is 2.27. The van der Waals surface area contributed by atoms with E-state index in [9.17, 15) is 18.8 Å². The number of ether oxygens (including phenoxy) is 2. The summed E-state index contributed by atoms with van der Waals surface area (Å²) in [7, 11) is 2.94. The van der Waals surface area contributed by atoms with Gasteiger partial charge in [0.05, 0.1) is 23.9 Å². The summed E-state index contributed by atoms with van der Waals surface area (Å²) < 4.78 is 25.4. The van der Waals surface area contributed by atoms with Crippen molar-refractivity contribution in [3.05, 3.63) is 64.2 Å². The molecule has 1 heterocycles. The lowest BCUT2D eigenvalue weighted by atomic mass is 10.1. The molecule has 0 aliphatic rings. The molecule has 0 aliphatic heterocycles. The van der Waals surface area contributed by atoms with Crippen LogP contribution >= 0.6 is 0 Å². The van der Waals surface area contributed by atoms with Crippen LogP contribution in [0, 0.1) is 11.7 Å². The number of nitrogens with one attached hydrogen (secondary N) is 1. The number of hydrogen-bond acceptors (Lipinski definition) is 5. The van der Waals surface area contributed by atoms with Gasteiger partial charge >= 0.3 is 5.97 Å². The molecule has 1 amide bonds. The average Bonchev–Trinajstić information content (AvgIpc) is 2.72. The van der Waals surface area contributed by atoms with Crippen molar-refractivity contribution in [3.8, 4) is 11.5 Å². The van der Waals surface area contributed by atoms with Gasteiger partial charge in [0.1, 0.15) is 17.1 Å². The molecule has 0 fully saturated rings. The molecule has 3 aromatic rings. The molecule has 2 aromatic carbocycles. The molecule has 0 bridgehead atoms. The zero-order valence-corrected chi connectivity index (χ0v) is 17.0. The Morgan fingerprint density at radius 3 is 2.37 bits per heavy atom. The summed E-state index contributed by atoms with van der Waals surface area (Å²) >= 11 is 0. The highest BCUT2D eigenvalue weighted by atomic mass is 19.1. The Morgan fingerprint density at radius 1 is 1.10 bits per heavy atom. The molecule has 0 saturated carbocycles. The fourth-order valence-electron chi connectivity index (χ4n) is 2.94. The smallest absolute Gasteiger partial charge is 0.313 e. The molecule has 3 rings (SSSR count). The number of carbonyl (C=O) groups is 2. The normalized spacial score (nSPS) is 10.9. The molecule has 1 N–H and O–H groups in total. The molecular formula is C22H21FN2O5. The van der Waals surface area contributed by atoms with E-state index in [-0.39, 0.29) is 17.0 Å². The van der Waals surface area contributed by atoms with Crippen LogP contribution in [0.15, 0.2) is 47.3 Å². The van der Waals surface area contributed by atoms with Gasteiger partial charge in [0, 0.05) is 12.7 Å². The first-order valence-corrected chi connectivity index (χ1v) is 9.23. The summed E-state index contributed by atoms with van der Waals surface area (Å²) in [4.78, 5) is 38.5. The van der Waals surface area contributed by atoms with Crippen LogP contribution < -0.4 is 20.3 Å². The maximum absolute atomic E-state index is 13.2. The first-order valence-electron chi connectivity index (χ1n) is 9.23. The highest BCUT2D eigenvalue weighted by molar-refractivity contribution is 6.10. The lowest BCUT2D eigenvalue weighted by Crippen LogP contribution is -2.30. The van der Waals surface area contributed by atoms with Crippen LogP contribution in [0.5, 0.6) is 11.5 Å². The van der Waals surface area contributed by atoms with Crippen LogP contribution in [0.3, 0.4) is 0 Å². The third-order valence-electron chi connectivity index (χ3n) is 4.56. The van der Waals surface area contributed by atoms with E-state index in [1.54, 1.807) is 32.0 Å². The first-order chi connectivity index (χ1) is 14.2. The standard InChI is InChI=1S/C22H21FN2O5/c1-12(2)22(28)30-19-17-15(6-5-7-16(17)29-4)25(3)21(27)18(19)20(26)24-14-10-8-13(23)9-11-14/h5-12H,1-4H3,(H,24,26). The zero-order valence-electron chi connectivity index (χ0n) is 17.0. The minimum Gasteiger partial charge on any atom is -0.496 e. The van der Waals surface area contributed by atoms with E-state index in [4.69, 9.17) is 9.47 Å². The molecule has 7 nitrogen and oxygen atoms in total. The lowest BCUT2D eigenvalue weighted by Gasteiger charge is -2.18. The number of aromatic nitrogens is 1. The minimum atomic E-state index is -0.790. The maximum atomic E-state index is 13.2. The van der Waals surface area contributed by atoms with Crippen molar-refractivity contribution in [3.63, 3.8) is 0 Å². The van der Waals surface area contributed by atoms with Crippen molar-refractivity contribution in [1.82, 2.24) is 4.57 Å². The van der Waals surface area contributed by atoms with E-state index in [1.807, 2.05) is 0 Å². The van der Waals surface area contributed by atoms with Crippen LogP contribution in [0.4, 0.5) is 10.1 Å². The number of carbonyl (C=O) groups excluding carboxylic acids is 2. The second-order valence-corrected chi connectivity index (χ2v) is 6.96. The van der Waals surface area contributed by atoms with Gasteiger partial charge < -0.3 is 19.4 Å². The summed E-state index contributed by atoms with van der Waals surface area (Å²) in [6.07, 6.45) is 0. The van der Waals surface area contributed by atoms with Gasteiger partial charge in [0.25, 0.3) is 11.5 Å². The number of nitrogens with zero attached hydrogens (tertiary/aromatic N) is 1.